The molecule has 0 radical (unpaired) electrons. The molecule has 0 aliphatic carbocycles. The summed E-state index contributed by atoms with van der Waals surface area (Å²) in [5.74, 6) is -0.923. The maximum absolute atomic E-state index is 11.2. The predicted molar refractivity (Wildman–Crippen MR) is 118 cm³/mol. The number of pyridine rings is 1. The van der Waals surface area contributed by atoms with Gasteiger partial charge in [0, 0.05) is 50.7 Å². The van der Waals surface area contributed by atoms with E-state index in [4.69, 9.17) is 0 Å². The minimum atomic E-state index is -0.989. The Morgan fingerprint density at radius 1 is 1.03 bits per heavy atom. The third kappa shape index (κ3) is 3.82. The van der Waals surface area contributed by atoms with Crippen LogP contribution in [0, 0.1) is 13.8 Å². The van der Waals surface area contributed by atoms with Crippen LogP contribution >= 0.6 is 0 Å². The highest BCUT2D eigenvalue weighted by Crippen LogP contribution is 2.26. The van der Waals surface area contributed by atoms with Gasteiger partial charge < -0.3 is 15.3 Å². The van der Waals surface area contributed by atoms with Gasteiger partial charge in [-0.05, 0) is 50.1 Å². The number of rotatable bonds is 4. The van der Waals surface area contributed by atoms with Crippen molar-refractivity contribution in [1.82, 2.24) is 4.98 Å². The van der Waals surface area contributed by atoms with E-state index in [1.54, 1.807) is 38.4 Å². The Kier molecular flexibility index (Phi) is 5.74. The summed E-state index contributed by atoms with van der Waals surface area (Å²) < 4.78 is 0. The largest absolute Gasteiger partial charge is 0.507 e. The number of aromatic nitrogens is 1. The molecule has 0 saturated heterocycles. The van der Waals surface area contributed by atoms with Crippen molar-refractivity contribution in [3.8, 4) is 11.5 Å². The summed E-state index contributed by atoms with van der Waals surface area (Å²) >= 11 is 0. The number of nitrogens with zero attached hydrogens (tertiary/aromatic N) is 1. The highest BCUT2D eigenvalue weighted by Gasteiger charge is 2.16. The Morgan fingerprint density at radius 3 is 2.37 bits per heavy atom. The zero-order chi connectivity index (χ0) is 22.0. The molecule has 0 saturated carbocycles. The second-order valence-electron chi connectivity index (χ2n) is 7.18. The van der Waals surface area contributed by atoms with Crippen LogP contribution in [0.2, 0.25) is 0 Å². The van der Waals surface area contributed by atoms with Gasteiger partial charge in [0.2, 0.25) is 0 Å². The third-order valence-corrected chi connectivity index (χ3v) is 5.16. The van der Waals surface area contributed by atoms with Gasteiger partial charge in [-0.3, -0.25) is 4.98 Å². The van der Waals surface area contributed by atoms with Gasteiger partial charge in [0.15, 0.2) is 0 Å². The fourth-order valence-electron chi connectivity index (χ4n) is 3.40. The molecule has 5 nitrogen and oxygen atoms in total. The minimum Gasteiger partial charge on any atom is -0.507 e. The maximum atomic E-state index is 11.2. The summed E-state index contributed by atoms with van der Waals surface area (Å²) in [7, 11) is 0. The van der Waals surface area contributed by atoms with Crippen LogP contribution in [0.25, 0.3) is 18.2 Å². The quantitative estimate of drug-likeness (QED) is 0.461. The molecule has 0 amide bonds. The van der Waals surface area contributed by atoms with Crippen LogP contribution < -0.4 is 10.4 Å². The van der Waals surface area contributed by atoms with Crippen molar-refractivity contribution in [3.63, 3.8) is 0 Å². The number of carboxylic acid groups (broad SMARTS) is 1. The van der Waals surface area contributed by atoms with Crippen LogP contribution in [-0.2, 0) is 4.79 Å². The Bertz CT molecular complexity index is 1240. The lowest BCUT2D eigenvalue weighted by Crippen LogP contribution is -2.21. The van der Waals surface area contributed by atoms with E-state index in [9.17, 15) is 20.1 Å². The normalized spacial score (nSPS) is 12.6. The van der Waals surface area contributed by atoms with Crippen molar-refractivity contribution < 1.29 is 20.1 Å². The summed E-state index contributed by atoms with van der Waals surface area (Å²) in [6.45, 7) is 8.82. The zero-order valence-corrected chi connectivity index (χ0v) is 17.1. The average molecular weight is 401 g/mol. The monoisotopic (exact) mass is 401 g/mol. The molecule has 5 heteroatoms. The van der Waals surface area contributed by atoms with Crippen LogP contribution in [0.4, 0.5) is 0 Å². The lowest BCUT2D eigenvalue weighted by Gasteiger charge is -2.15. The van der Waals surface area contributed by atoms with Gasteiger partial charge in [-0.25, -0.2) is 4.79 Å². The smallest absolute Gasteiger partial charge is 0.331 e. The minimum absolute atomic E-state index is 0.0273. The van der Waals surface area contributed by atoms with Gasteiger partial charge in [-0.15, -0.1) is 0 Å². The standard InChI is InChI=1S/C25H23NO4/c1-14(25(29)30)11-18-7-5-8-19(12-18)22(20-9-6-10-26-13-20)21-17(4)23(27)15(2)16(3)24(21)28/h5-13,27-28H,2H2,1,3-4H3,(H,29,30)/b14-11+,22-21+. The Balaban J connectivity index is 2.46. The Morgan fingerprint density at radius 2 is 1.73 bits per heavy atom. The molecule has 0 fully saturated rings. The molecule has 3 rings (SSSR count). The van der Waals surface area contributed by atoms with E-state index >= 15 is 0 Å². The van der Waals surface area contributed by atoms with Gasteiger partial charge >= 0.3 is 5.97 Å². The predicted octanol–water partition coefficient (Wildman–Crippen LogP) is 3.26. The van der Waals surface area contributed by atoms with Crippen molar-refractivity contribution in [3.05, 3.63) is 92.6 Å². The van der Waals surface area contributed by atoms with Crippen LogP contribution in [0.5, 0.6) is 11.5 Å². The van der Waals surface area contributed by atoms with E-state index < -0.39 is 5.97 Å². The summed E-state index contributed by atoms with van der Waals surface area (Å²) in [5, 5.41) is 31.6. The van der Waals surface area contributed by atoms with E-state index in [2.05, 4.69) is 11.6 Å². The molecule has 1 heterocycles. The number of carboxylic acids is 1. The van der Waals surface area contributed by atoms with Crippen molar-refractivity contribution in [2.45, 2.75) is 20.8 Å². The first-order valence-corrected chi connectivity index (χ1v) is 9.39. The van der Waals surface area contributed by atoms with E-state index in [0.717, 1.165) is 11.1 Å². The molecule has 0 aliphatic heterocycles. The molecule has 0 spiro atoms. The zero-order valence-electron chi connectivity index (χ0n) is 17.1. The van der Waals surface area contributed by atoms with Crippen molar-refractivity contribution >= 4 is 24.2 Å². The first-order valence-electron chi connectivity index (χ1n) is 9.39. The number of aliphatic carboxylic acids is 1. The molecular weight excluding hydrogens is 378 g/mol. The lowest BCUT2D eigenvalue weighted by molar-refractivity contribution is -0.132. The molecule has 1 aromatic heterocycles. The summed E-state index contributed by atoms with van der Waals surface area (Å²) in [6, 6.07) is 11.0. The SMILES string of the molecule is C=c1c(C)c(O)/c(=C(/c2cccnc2)c2cccc(/C=C(\C)C(=O)O)c2)c(C)c1O. The number of aromatic hydroxyl groups is 2. The molecule has 152 valence electrons. The third-order valence-electron chi connectivity index (χ3n) is 5.16. The van der Waals surface area contributed by atoms with Gasteiger partial charge in [-0.2, -0.15) is 0 Å². The van der Waals surface area contributed by atoms with Crippen molar-refractivity contribution in [1.29, 1.82) is 0 Å². The number of phenols is 2. The maximum Gasteiger partial charge on any atom is 0.331 e. The van der Waals surface area contributed by atoms with Crippen LogP contribution in [0.15, 0.2) is 54.4 Å². The average Bonchev–Trinajstić information content (AvgIpc) is 2.74. The first kappa shape index (κ1) is 20.9. The number of hydrogen-bond donors (Lipinski definition) is 3. The van der Waals surface area contributed by atoms with Gasteiger partial charge in [-0.1, -0.05) is 30.8 Å². The first-order chi connectivity index (χ1) is 14.2. The number of phenolic OH excluding ortho intramolecular Hbond substituents is 2. The topological polar surface area (TPSA) is 90.7 Å². The van der Waals surface area contributed by atoms with Crippen molar-refractivity contribution in [2.24, 2.45) is 0 Å². The Labute approximate surface area is 174 Å². The van der Waals surface area contributed by atoms with E-state index in [1.165, 1.54) is 6.92 Å². The van der Waals surface area contributed by atoms with Crippen LogP contribution in [0.1, 0.15) is 34.7 Å². The summed E-state index contributed by atoms with van der Waals surface area (Å²) in [6.07, 6.45) is 4.93. The fraction of sp³-hybridized carbons (Fsp3) is 0.120. The van der Waals surface area contributed by atoms with Gasteiger partial charge in [0.1, 0.15) is 11.5 Å². The molecular formula is C25H23NO4. The van der Waals surface area contributed by atoms with E-state index in [1.807, 2.05) is 30.3 Å². The molecule has 0 aliphatic rings. The fourth-order valence-corrected chi connectivity index (χ4v) is 3.40. The second-order valence-corrected chi connectivity index (χ2v) is 7.18. The highest BCUT2D eigenvalue weighted by atomic mass is 16.4. The molecule has 3 aromatic rings. The van der Waals surface area contributed by atoms with Gasteiger partial charge in [0.25, 0.3) is 0 Å². The number of hydrogen-bond acceptors (Lipinski definition) is 4. The molecule has 30 heavy (non-hydrogen) atoms. The summed E-state index contributed by atoms with van der Waals surface area (Å²) in [5.41, 5.74) is 4.10. The van der Waals surface area contributed by atoms with E-state index in [-0.39, 0.29) is 17.1 Å². The molecule has 0 bridgehead atoms. The molecule has 2 aromatic carbocycles. The van der Waals surface area contributed by atoms with Gasteiger partial charge in [0.05, 0.1) is 0 Å². The molecule has 3 N–H and O–H groups in total. The molecule has 0 atom stereocenters. The summed E-state index contributed by atoms with van der Waals surface area (Å²) in [4.78, 5) is 15.4. The number of benzene rings is 2. The van der Waals surface area contributed by atoms with E-state index in [0.29, 0.717) is 32.7 Å². The molecule has 0 unspecified atom stereocenters. The highest BCUT2D eigenvalue weighted by molar-refractivity contribution is 5.92. The Hall–Kier alpha value is -3.86. The number of carbonyl (C=O) groups is 1. The lowest BCUT2D eigenvalue weighted by atomic mass is 9.91. The van der Waals surface area contributed by atoms with Crippen molar-refractivity contribution in [2.75, 3.05) is 0 Å². The second kappa shape index (κ2) is 8.25. The van der Waals surface area contributed by atoms with Crippen LogP contribution in [-0.4, -0.2) is 26.3 Å². The van der Waals surface area contributed by atoms with Crippen LogP contribution in [0.3, 0.4) is 0 Å².